The zero-order valence-electron chi connectivity index (χ0n) is 15.0. The number of ketones is 1. The van der Waals surface area contributed by atoms with E-state index in [0.717, 1.165) is 0 Å². The molecule has 1 fully saturated rings. The van der Waals surface area contributed by atoms with Crippen molar-refractivity contribution in [1.29, 1.82) is 0 Å². The SMILES string of the molecule is COc1ccc(Cl)cc1N1CC(C(=O)Nc2ccc(C(C)=O)cc2)CC1=O. The Kier molecular flexibility index (Phi) is 5.46. The lowest BCUT2D eigenvalue weighted by molar-refractivity contribution is -0.122. The third kappa shape index (κ3) is 4.11. The van der Waals surface area contributed by atoms with E-state index in [9.17, 15) is 14.4 Å². The normalized spacial score (nSPS) is 16.3. The van der Waals surface area contributed by atoms with Gasteiger partial charge in [0.1, 0.15) is 5.75 Å². The molecule has 1 aliphatic rings. The number of anilines is 2. The molecule has 2 aromatic carbocycles. The van der Waals surface area contributed by atoms with Gasteiger partial charge in [-0.3, -0.25) is 14.4 Å². The maximum Gasteiger partial charge on any atom is 0.229 e. The van der Waals surface area contributed by atoms with Crippen molar-refractivity contribution < 1.29 is 19.1 Å². The van der Waals surface area contributed by atoms with Crippen LogP contribution in [0.5, 0.6) is 5.75 Å². The molecule has 0 bridgehead atoms. The van der Waals surface area contributed by atoms with Gasteiger partial charge in [0.25, 0.3) is 0 Å². The Morgan fingerprint density at radius 2 is 1.89 bits per heavy atom. The van der Waals surface area contributed by atoms with E-state index in [2.05, 4.69) is 5.32 Å². The predicted octanol–water partition coefficient (Wildman–Crippen LogP) is 3.54. The number of hydrogen-bond acceptors (Lipinski definition) is 4. The van der Waals surface area contributed by atoms with Crippen molar-refractivity contribution in [1.82, 2.24) is 0 Å². The van der Waals surface area contributed by atoms with Gasteiger partial charge in [-0.1, -0.05) is 11.6 Å². The first-order valence-corrected chi connectivity index (χ1v) is 8.82. The van der Waals surface area contributed by atoms with Gasteiger partial charge in [-0.05, 0) is 49.4 Å². The molecule has 140 valence electrons. The first kappa shape index (κ1) is 18.9. The quantitative estimate of drug-likeness (QED) is 0.797. The van der Waals surface area contributed by atoms with Crippen molar-refractivity contribution in [2.75, 3.05) is 23.9 Å². The number of rotatable bonds is 5. The number of hydrogen-bond donors (Lipinski definition) is 1. The molecule has 27 heavy (non-hydrogen) atoms. The molecule has 6 nitrogen and oxygen atoms in total. The van der Waals surface area contributed by atoms with E-state index >= 15 is 0 Å². The summed E-state index contributed by atoms with van der Waals surface area (Å²) >= 11 is 6.04. The Morgan fingerprint density at radius 1 is 1.19 bits per heavy atom. The third-order valence-electron chi connectivity index (χ3n) is 4.49. The van der Waals surface area contributed by atoms with Gasteiger partial charge in [0.05, 0.1) is 18.7 Å². The monoisotopic (exact) mass is 386 g/mol. The summed E-state index contributed by atoms with van der Waals surface area (Å²) < 4.78 is 5.30. The molecule has 2 amide bonds. The Hall–Kier alpha value is -2.86. The van der Waals surface area contributed by atoms with Gasteiger partial charge in [-0.2, -0.15) is 0 Å². The van der Waals surface area contributed by atoms with Crippen LogP contribution >= 0.6 is 11.6 Å². The second-order valence-electron chi connectivity index (χ2n) is 6.34. The topological polar surface area (TPSA) is 75.7 Å². The van der Waals surface area contributed by atoms with E-state index in [4.69, 9.17) is 16.3 Å². The number of carbonyl (C=O) groups is 3. The van der Waals surface area contributed by atoms with Crippen LogP contribution in [0.1, 0.15) is 23.7 Å². The smallest absolute Gasteiger partial charge is 0.229 e. The zero-order valence-corrected chi connectivity index (χ0v) is 15.7. The minimum Gasteiger partial charge on any atom is -0.495 e. The molecule has 1 heterocycles. The maximum absolute atomic E-state index is 12.6. The number of amides is 2. The lowest BCUT2D eigenvalue weighted by Crippen LogP contribution is -2.28. The standard InChI is InChI=1S/C20H19ClN2O4/c1-12(24)13-3-6-16(7-4-13)22-20(26)14-9-19(25)23(11-14)17-10-15(21)5-8-18(17)27-2/h3-8,10,14H,9,11H2,1-2H3,(H,22,26). The highest BCUT2D eigenvalue weighted by atomic mass is 35.5. The van der Waals surface area contributed by atoms with Gasteiger partial charge in [0, 0.05) is 29.2 Å². The number of nitrogens with one attached hydrogen (secondary N) is 1. The summed E-state index contributed by atoms with van der Waals surface area (Å²) in [7, 11) is 1.52. The van der Waals surface area contributed by atoms with Crippen LogP contribution in [0.25, 0.3) is 0 Å². The van der Waals surface area contributed by atoms with Gasteiger partial charge >= 0.3 is 0 Å². The van der Waals surface area contributed by atoms with Crippen LogP contribution < -0.4 is 15.0 Å². The van der Waals surface area contributed by atoms with Crippen LogP contribution in [0.2, 0.25) is 5.02 Å². The average molecular weight is 387 g/mol. The fourth-order valence-electron chi connectivity index (χ4n) is 3.02. The minimum atomic E-state index is -0.492. The first-order valence-electron chi connectivity index (χ1n) is 8.45. The predicted molar refractivity (Wildman–Crippen MR) is 104 cm³/mol. The minimum absolute atomic E-state index is 0.0413. The number of carbonyl (C=O) groups excluding carboxylic acids is 3. The average Bonchev–Trinajstić information content (AvgIpc) is 3.04. The number of methoxy groups -OCH3 is 1. The molecule has 0 radical (unpaired) electrons. The van der Waals surface area contributed by atoms with Gasteiger partial charge in [-0.15, -0.1) is 0 Å². The number of nitrogens with zero attached hydrogens (tertiary/aromatic N) is 1. The van der Waals surface area contributed by atoms with E-state index in [1.54, 1.807) is 42.5 Å². The highest BCUT2D eigenvalue weighted by Crippen LogP contribution is 2.35. The lowest BCUT2D eigenvalue weighted by atomic mass is 10.1. The Bertz CT molecular complexity index is 895. The highest BCUT2D eigenvalue weighted by molar-refractivity contribution is 6.31. The van der Waals surface area contributed by atoms with Crippen LogP contribution in [0, 0.1) is 5.92 Å². The molecule has 2 aromatic rings. The van der Waals surface area contributed by atoms with Gasteiger partial charge in [0.2, 0.25) is 11.8 Å². The summed E-state index contributed by atoms with van der Waals surface area (Å²) in [5, 5.41) is 3.28. The largest absolute Gasteiger partial charge is 0.495 e. The van der Waals surface area contributed by atoms with Crippen LogP contribution in [0.4, 0.5) is 11.4 Å². The van der Waals surface area contributed by atoms with E-state index in [1.165, 1.54) is 18.9 Å². The number of halogens is 1. The summed E-state index contributed by atoms with van der Waals surface area (Å²) in [6.45, 7) is 1.73. The van der Waals surface area contributed by atoms with E-state index in [0.29, 0.717) is 27.7 Å². The summed E-state index contributed by atoms with van der Waals surface area (Å²) in [5.74, 6) is -0.423. The summed E-state index contributed by atoms with van der Waals surface area (Å²) in [6.07, 6.45) is 0.104. The van der Waals surface area contributed by atoms with Crippen molar-refractivity contribution in [2.45, 2.75) is 13.3 Å². The van der Waals surface area contributed by atoms with Gasteiger partial charge in [-0.25, -0.2) is 0 Å². The van der Waals surface area contributed by atoms with Gasteiger partial charge < -0.3 is 15.0 Å². The second-order valence-corrected chi connectivity index (χ2v) is 6.78. The molecule has 1 N–H and O–H groups in total. The van der Waals surface area contributed by atoms with Gasteiger partial charge in [0.15, 0.2) is 5.78 Å². The molecule has 0 aromatic heterocycles. The van der Waals surface area contributed by atoms with Crippen LogP contribution in [0.15, 0.2) is 42.5 Å². The molecule has 3 rings (SSSR count). The molecule has 7 heteroatoms. The first-order chi connectivity index (χ1) is 12.9. The Balaban J connectivity index is 1.72. The fraction of sp³-hybridized carbons (Fsp3) is 0.250. The molecule has 1 aliphatic heterocycles. The molecular weight excluding hydrogens is 368 g/mol. The fourth-order valence-corrected chi connectivity index (χ4v) is 3.19. The summed E-state index contributed by atoms with van der Waals surface area (Å²) in [4.78, 5) is 37.9. The lowest BCUT2D eigenvalue weighted by Gasteiger charge is -2.20. The highest BCUT2D eigenvalue weighted by Gasteiger charge is 2.36. The molecule has 1 saturated heterocycles. The zero-order chi connectivity index (χ0) is 19.6. The molecule has 0 saturated carbocycles. The molecule has 1 unspecified atom stereocenters. The number of Topliss-reactive ketones (excluding diaryl/α,β-unsaturated/α-hetero) is 1. The summed E-state index contributed by atoms with van der Waals surface area (Å²) in [6, 6.07) is 11.7. The molecule has 0 spiro atoms. The van der Waals surface area contributed by atoms with Crippen molar-refractivity contribution in [3.05, 3.63) is 53.1 Å². The van der Waals surface area contributed by atoms with Crippen LogP contribution in [-0.4, -0.2) is 31.3 Å². The maximum atomic E-state index is 12.6. The van der Waals surface area contributed by atoms with Crippen molar-refractivity contribution in [3.63, 3.8) is 0 Å². The molecule has 1 atom stereocenters. The van der Waals surface area contributed by atoms with Crippen LogP contribution in [-0.2, 0) is 9.59 Å². The van der Waals surface area contributed by atoms with E-state index in [-0.39, 0.29) is 30.6 Å². The second kappa shape index (κ2) is 7.80. The third-order valence-corrected chi connectivity index (χ3v) is 4.72. The van der Waals surface area contributed by atoms with Crippen molar-refractivity contribution in [2.24, 2.45) is 5.92 Å². The number of benzene rings is 2. The van der Waals surface area contributed by atoms with Crippen molar-refractivity contribution >= 4 is 40.6 Å². The van der Waals surface area contributed by atoms with E-state index in [1.807, 2.05) is 0 Å². The molecule has 0 aliphatic carbocycles. The van der Waals surface area contributed by atoms with Crippen molar-refractivity contribution in [3.8, 4) is 5.75 Å². The Morgan fingerprint density at radius 3 is 2.52 bits per heavy atom. The molecular formula is C20H19ClN2O4. The Labute approximate surface area is 162 Å². The summed E-state index contributed by atoms with van der Waals surface area (Å²) in [5.41, 5.74) is 1.70. The van der Waals surface area contributed by atoms with E-state index < -0.39 is 5.92 Å². The van der Waals surface area contributed by atoms with Crippen LogP contribution in [0.3, 0.4) is 0 Å². The number of ether oxygens (including phenoxy) is 1.